The van der Waals surface area contributed by atoms with Crippen molar-refractivity contribution in [1.29, 1.82) is 0 Å². The highest BCUT2D eigenvalue weighted by Gasteiger charge is 2.31. The first-order valence-corrected chi connectivity index (χ1v) is 7.85. The molecule has 1 N–H and O–H groups in total. The molecule has 0 radical (unpaired) electrons. The molecule has 0 aliphatic heterocycles. The number of nitrogens with zero attached hydrogens (tertiary/aromatic N) is 2. The van der Waals surface area contributed by atoms with E-state index in [4.69, 9.17) is 4.42 Å². The van der Waals surface area contributed by atoms with Crippen molar-refractivity contribution >= 4 is 5.69 Å². The molecule has 2 fully saturated rings. The molecule has 0 unspecified atom stereocenters. The summed E-state index contributed by atoms with van der Waals surface area (Å²) in [5.74, 6) is 1.03. The molecular weight excluding hydrogens is 262 g/mol. The molecule has 0 saturated heterocycles. The second-order valence-corrected chi connectivity index (χ2v) is 6.10. The van der Waals surface area contributed by atoms with Gasteiger partial charge < -0.3 is 14.6 Å². The van der Waals surface area contributed by atoms with Gasteiger partial charge in [-0.15, -0.1) is 0 Å². The van der Waals surface area contributed by atoms with Crippen LogP contribution in [0.15, 0.2) is 41.3 Å². The number of hydrogen-bond donors (Lipinski definition) is 1. The molecule has 21 heavy (non-hydrogen) atoms. The van der Waals surface area contributed by atoms with Crippen LogP contribution in [0, 0.1) is 0 Å². The van der Waals surface area contributed by atoms with Crippen LogP contribution in [0.5, 0.6) is 0 Å². The molecule has 2 saturated carbocycles. The lowest BCUT2D eigenvalue weighted by Gasteiger charge is -2.26. The second-order valence-electron chi connectivity index (χ2n) is 6.10. The second kappa shape index (κ2) is 5.53. The molecule has 2 heterocycles. The third kappa shape index (κ3) is 3.10. The van der Waals surface area contributed by atoms with E-state index in [1.165, 1.54) is 36.9 Å². The fourth-order valence-corrected chi connectivity index (χ4v) is 2.75. The number of furan rings is 1. The van der Waals surface area contributed by atoms with Gasteiger partial charge in [0.15, 0.2) is 0 Å². The van der Waals surface area contributed by atoms with E-state index in [-0.39, 0.29) is 0 Å². The fourth-order valence-electron chi connectivity index (χ4n) is 2.75. The van der Waals surface area contributed by atoms with Crippen LogP contribution in [0.2, 0.25) is 0 Å². The molecule has 2 aliphatic carbocycles. The molecule has 2 aromatic rings. The Morgan fingerprint density at radius 1 is 1.24 bits per heavy atom. The molecule has 0 bridgehead atoms. The molecule has 0 atom stereocenters. The lowest BCUT2D eigenvalue weighted by Crippen LogP contribution is -2.27. The molecular formula is C17H21N3O. The van der Waals surface area contributed by atoms with Crippen LogP contribution in [0.1, 0.15) is 37.0 Å². The topological polar surface area (TPSA) is 41.3 Å². The van der Waals surface area contributed by atoms with E-state index in [1.54, 1.807) is 6.26 Å². The normalized spacial score (nSPS) is 17.9. The SMILES string of the molecule is c1coc(CN(c2ccncc2CNC2CC2)C2CC2)c1. The van der Waals surface area contributed by atoms with Gasteiger partial charge in [-0.1, -0.05) is 0 Å². The Hall–Kier alpha value is -1.81. The quantitative estimate of drug-likeness (QED) is 0.848. The van der Waals surface area contributed by atoms with Crippen LogP contribution in [-0.2, 0) is 13.1 Å². The molecule has 4 nitrogen and oxygen atoms in total. The smallest absolute Gasteiger partial charge is 0.123 e. The van der Waals surface area contributed by atoms with Gasteiger partial charge in [0, 0.05) is 42.3 Å². The summed E-state index contributed by atoms with van der Waals surface area (Å²) in [5.41, 5.74) is 2.60. The van der Waals surface area contributed by atoms with Crippen molar-refractivity contribution in [3.05, 3.63) is 48.2 Å². The molecule has 2 aromatic heterocycles. The Morgan fingerprint density at radius 3 is 2.86 bits per heavy atom. The molecule has 0 aromatic carbocycles. The average Bonchev–Trinajstić information content (AvgIpc) is 3.44. The summed E-state index contributed by atoms with van der Waals surface area (Å²) in [6, 6.07) is 7.53. The van der Waals surface area contributed by atoms with E-state index >= 15 is 0 Å². The Morgan fingerprint density at radius 2 is 2.14 bits per heavy atom. The maximum Gasteiger partial charge on any atom is 0.123 e. The summed E-state index contributed by atoms with van der Waals surface area (Å²) in [6.45, 7) is 1.76. The lowest BCUT2D eigenvalue weighted by molar-refractivity contribution is 0.500. The monoisotopic (exact) mass is 283 g/mol. The summed E-state index contributed by atoms with van der Waals surface area (Å²) >= 11 is 0. The van der Waals surface area contributed by atoms with E-state index in [1.807, 2.05) is 18.5 Å². The first kappa shape index (κ1) is 12.9. The van der Waals surface area contributed by atoms with Crippen LogP contribution in [0.4, 0.5) is 5.69 Å². The summed E-state index contributed by atoms with van der Waals surface area (Å²) in [5, 5.41) is 3.60. The molecule has 0 spiro atoms. The Labute approximate surface area is 125 Å². The summed E-state index contributed by atoms with van der Waals surface area (Å²) < 4.78 is 5.54. The highest BCUT2D eigenvalue weighted by molar-refractivity contribution is 5.54. The van der Waals surface area contributed by atoms with E-state index in [0.29, 0.717) is 6.04 Å². The van der Waals surface area contributed by atoms with Crippen molar-refractivity contribution in [2.24, 2.45) is 0 Å². The third-order valence-electron chi connectivity index (χ3n) is 4.24. The Bertz CT molecular complexity index is 588. The average molecular weight is 283 g/mol. The minimum absolute atomic E-state index is 0.650. The van der Waals surface area contributed by atoms with Crippen molar-refractivity contribution in [2.75, 3.05) is 4.90 Å². The van der Waals surface area contributed by atoms with Gasteiger partial charge >= 0.3 is 0 Å². The minimum atomic E-state index is 0.650. The molecule has 110 valence electrons. The maximum absolute atomic E-state index is 5.54. The van der Waals surface area contributed by atoms with E-state index in [0.717, 1.165) is 24.9 Å². The van der Waals surface area contributed by atoms with Gasteiger partial charge in [-0.25, -0.2) is 0 Å². The fraction of sp³-hybridized carbons (Fsp3) is 0.471. The van der Waals surface area contributed by atoms with Gasteiger partial charge in [-0.2, -0.15) is 0 Å². The zero-order valence-electron chi connectivity index (χ0n) is 12.2. The minimum Gasteiger partial charge on any atom is -0.467 e. The standard InChI is InChI=1S/C17H21N3O/c1-2-16(21-9-1)12-20(15-5-6-15)17-7-8-18-10-13(17)11-19-14-3-4-14/h1-2,7-10,14-15,19H,3-6,11-12H2. The number of hydrogen-bond acceptors (Lipinski definition) is 4. The van der Waals surface area contributed by atoms with Crippen LogP contribution in [0.3, 0.4) is 0 Å². The molecule has 0 amide bonds. The van der Waals surface area contributed by atoms with Gasteiger partial charge in [-0.3, -0.25) is 4.98 Å². The summed E-state index contributed by atoms with van der Waals surface area (Å²) in [6.07, 6.45) is 10.8. The molecule has 4 rings (SSSR count). The summed E-state index contributed by atoms with van der Waals surface area (Å²) in [4.78, 5) is 6.79. The van der Waals surface area contributed by atoms with Crippen molar-refractivity contribution < 1.29 is 4.42 Å². The van der Waals surface area contributed by atoms with Crippen LogP contribution < -0.4 is 10.2 Å². The van der Waals surface area contributed by atoms with Gasteiger partial charge in [0.05, 0.1) is 12.8 Å². The van der Waals surface area contributed by atoms with Crippen molar-refractivity contribution in [3.8, 4) is 0 Å². The highest BCUT2D eigenvalue weighted by atomic mass is 16.3. The number of aromatic nitrogens is 1. The number of pyridine rings is 1. The predicted molar refractivity (Wildman–Crippen MR) is 82.0 cm³/mol. The largest absolute Gasteiger partial charge is 0.467 e. The lowest BCUT2D eigenvalue weighted by atomic mass is 10.2. The Kier molecular flexibility index (Phi) is 3.39. The van der Waals surface area contributed by atoms with Crippen LogP contribution in [0.25, 0.3) is 0 Å². The zero-order chi connectivity index (χ0) is 14.1. The number of anilines is 1. The zero-order valence-corrected chi connectivity index (χ0v) is 12.2. The predicted octanol–water partition coefficient (Wildman–Crippen LogP) is 3.10. The first-order valence-electron chi connectivity index (χ1n) is 7.85. The van der Waals surface area contributed by atoms with Crippen molar-refractivity contribution in [1.82, 2.24) is 10.3 Å². The first-order chi connectivity index (χ1) is 10.4. The Balaban J connectivity index is 1.56. The molecule has 2 aliphatic rings. The van der Waals surface area contributed by atoms with Crippen molar-refractivity contribution in [2.45, 2.75) is 50.9 Å². The van der Waals surface area contributed by atoms with Gasteiger partial charge in [0.2, 0.25) is 0 Å². The number of nitrogens with one attached hydrogen (secondary N) is 1. The van der Waals surface area contributed by atoms with E-state index < -0.39 is 0 Å². The van der Waals surface area contributed by atoms with Gasteiger partial charge in [0.25, 0.3) is 0 Å². The van der Waals surface area contributed by atoms with Crippen molar-refractivity contribution in [3.63, 3.8) is 0 Å². The third-order valence-corrected chi connectivity index (χ3v) is 4.24. The number of rotatable bonds is 7. The van der Waals surface area contributed by atoms with Crippen LogP contribution >= 0.6 is 0 Å². The van der Waals surface area contributed by atoms with Gasteiger partial charge in [-0.05, 0) is 43.9 Å². The van der Waals surface area contributed by atoms with Crippen LogP contribution in [-0.4, -0.2) is 17.1 Å². The maximum atomic E-state index is 5.54. The van der Waals surface area contributed by atoms with E-state index in [9.17, 15) is 0 Å². The van der Waals surface area contributed by atoms with Gasteiger partial charge in [0.1, 0.15) is 5.76 Å². The highest BCUT2D eigenvalue weighted by Crippen LogP contribution is 2.35. The summed E-state index contributed by atoms with van der Waals surface area (Å²) in [7, 11) is 0. The van der Waals surface area contributed by atoms with E-state index in [2.05, 4.69) is 27.3 Å². The molecule has 4 heteroatoms.